The van der Waals surface area contributed by atoms with Crippen LogP contribution in [0.25, 0.3) is 10.2 Å². The number of nitrogens with one attached hydrogen (secondary N) is 1. The highest BCUT2D eigenvalue weighted by molar-refractivity contribution is 8.01. The molecule has 0 fully saturated rings. The fourth-order valence-corrected chi connectivity index (χ4v) is 5.58. The summed E-state index contributed by atoms with van der Waals surface area (Å²) in [7, 11) is -3.43. The van der Waals surface area contributed by atoms with Gasteiger partial charge in [0.1, 0.15) is 0 Å². The number of hydrogen-bond donors (Lipinski definition) is 1. The fourth-order valence-electron chi connectivity index (χ4n) is 2.20. The second-order valence-electron chi connectivity index (χ2n) is 5.26. The SMILES string of the molecule is N#Cc1cccc(NS(=O)(=O)CCCSc2nc3ccccc3s2)c1. The number of sulfonamides is 1. The summed E-state index contributed by atoms with van der Waals surface area (Å²) in [6.07, 6.45) is 0.522. The van der Waals surface area contributed by atoms with Crippen LogP contribution in [0.4, 0.5) is 5.69 Å². The number of para-hydroxylation sites is 1. The van der Waals surface area contributed by atoms with Crippen molar-refractivity contribution in [2.45, 2.75) is 10.8 Å². The first-order chi connectivity index (χ1) is 12.1. The van der Waals surface area contributed by atoms with Crippen molar-refractivity contribution in [3.05, 3.63) is 54.1 Å². The molecule has 25 heavy (non-hydrogen) atoms. The number of thioether (sulfide) groups is 1. The summed E-state index contributed by atoms with van der Waals surface area (Å²) in [5.74, 6) is 0.709. The van der Waals surface area contributed by atoms with Crippen molar-refractivity contribution in [1.82, 2.24) is 4.98 Å². The van der Waals surface area contributed by atoms with Gasteiger partial charge in [-0.1, -0.05) is 30.0 Å². The van der Waals surface area contributed by atoms with E-state index in [4.69, 9.17) is 5.26 Å². The molecule has 0 aliphatic rings. The molecule has 0 saturated carbocycles. The van der Waals surface area contributed by atoms with Gasteiger partial charge in [0.15, 0.2) is 4.34 Å². The molecular formula is C17H15N3O2S3. The monoisotopic (exact) mass is 389 g/mol. The van der Waals surface area contributed by atoms with E-state index in [1.807, 2.05) is 30.3 Å². The smallest absolute Gasteiger partial charge is 0.232 e. The molecule has 0 radical (unpaired) electrons. The third-order valence-corrected chi connectivity index (χ3v) is 6.96. The summed E-state index contributed by atoms with van der Waals surface area (Å²) in [6.45, 7) is 0. The van der Waals surface area contributed by atoms with Gasteiger partial charge in [0.05, 0.1) is 27.6 Å². The third kappa shape index (κ3) is 4.95. The first-order valence-electron chi connectivity index (χ1n) is 7.55. The number of thiazole rings is 1. The summed E-state index contributed by atoms with van der Waals surface area (Å²) < 4.78 is 28.9. The molecule has 1 aromatic heterocycles. The van der Waals surface area contributed by atoms with E-state index in [-0.39, 0.29) is 5.75 Å². The maximum Gasteiger partial charge on any atom is 0.232 e. The Labute approximate surface area is 154 Å². The Bertz CT molecular complexity index is 990. The molecular weight excluding hydrogens is 374 g/mol. The third-order valence-electron chi connectivity index (χ3n) is 3.32. The van der Waals surface area contributed by atoms with Gasteiger partial charge in [0.2, 0.25) is 10.0 Å². The number of anilines is 1. The number of benzene rings is 2. The number of nitrogens with zero attached hydrogens (tertiary/aromatic N) is 2. The molecule has 2 aromatic carbocycles. The van der Waals surface area contributed by atoms with E-state index in [2.05, 4.69) is 9.71 Å². The Kier molecular flexibility index (Phi) is 5.58. The maximum absolute atomic E-state index is 12.1. The summed E-state index contributed by atoms with van der Waals surface area (Å²) in [5.41, 5.74) is 1.81. The van der Waals surface area contributed by atoms with Crippen LogP contribution in [-0.2, 0) is 10.0 Å². The van der Waals surface area contributed by atoms with Crippen LogP contribution in [0.15, 0.2) is 52.9 Å². The highest BCUT2D eigenvalue weighted by Gasteiger charge is 2.11. The van der Waals surface area contributed by atoms with Crippen LogP contribution in [0.1, 0.15) is 12.0 Å². The predicted molar refractivity (Wildman–Crippen MR) is 104 cm³/mol. The van der Waals surface area contributed by atoms with Crippen molar-refractivity contribution >= 4 is 49.0 Å². The first kappa shape index (κ1) is 17.7. The van der Waals surface area contributed by atoms with E-state index in [1.165, 1.54) is 6.07 Å². The highest BCUT2D eigenvalue weighted by atomic mass is 32.2. The molecule has 0 bridgehead atoms. The zero-order chi connectivity index (χ0) is 17.7. The molecule has 0 aliphatic carbocycles. The van der Waals surface area contributed by atoms with Crippen molar-refractivity contribution in [2.24, 2.45) is 0 Å². The molecule has 5 nitrogen and oxygen atoms in total. The van der Waals surface area contributed by atoms with Crippen LogP contribution < -0.4 is 4.72 Å². The van der Waals surface area contributed by atoms with E-state index >= 15 is 0 Å². The van der Waals surface area contributed by atoms with Crippen LogP contribution in [0.2, 0.25) is 0 Å². The van der Waals surface area contributed by atoms with Gasteiger partial charge < -0.3 is 0 Å². The Morgan fingerprint density at radius 3 is 2.84 bits per heavy atom. The number of rotatable bonds is 7. The van der Waals surface area contributed by atoms with Gasteiger partial charge >= 0.3 is 0 Å². The molecule has 128 valence electrons. The standard InChI is InChI=1S/C17H15N3O2S3/c18-12-13-5-3-6-14(11-13)20-25(21,22)10-4-9-23-17-19-15-7-1-2-8-16(15)24-17/h1-3,5-8,11,20H,4,9-10H2. The normalized spacial score (nSPS) is 11.3. The average Bonchev–Trinajstić information content (AvgIpc) is 3.01. The van der Waals surface area contributed by atoms with E-state index < -0.39 is 10.0 Å². The number of hydrogen-bond acceptors (Lipinski definition) is 6. The van der Waals surface area contributed by atoms with E-state index in [0.717, 1.165) is 14.6 Å². The minimum absolute atomic E-state index is 0.0294. The lowest BCUT2D eigenvalue weighted by atomic mass is 10.2. The Balaban J connectivity index is 1.51. The Morgan fingerprint density at radius 1 is 1.20 bits per heavy atom. The topological polar surface area (TPSA) is 82.9 Å². The van der Waals surface area contributed by atoms with Gasteiger partial charge in [0.25, 0.3) is 0 Å². The number of nitriles is 1. The van der Waals surface area contributed by atoms with Crippen LogP contribution in [0, 0.1) is 11.3 Å². The molecule has 0 saturated heterocycles. The zero-order valence-corrected chi connectivity index (χ0v) is 15.6. The van der Waals surface area contributed by atoms with Crippen molar-refractivity contribution in [3.63, 3.8) is 0 Å². The van der Waals surface area contributed by atoms with Crippen LogP contribution in [0.3, 0.4) is 0 Å². The van der Waals surface area contributed by atoms with Crippen molar-refractivity contribution < 1.29 is 8.42 Å². The summed E-state index contributed by atoms with van der Waals surface area (Å²) in [6, 6.07) is 16.4. The van der Waals surface area contributed by atoms with Crippen LogP contribution in [0.5, 0.6) is 0 Å². The predicted octanol–water partition coefficient (Wildman–Crippen LogP) is 4.09. The fraction of sp³-hybridized carbons (Fsp3) is 0.176. The highest BCUT2D eigenvalue weighted by Crippen LogP contribution is 2.29. The molecule has 1 N–H and O–H groups in total. The maximum atomic E-state index is 12.1. The molecule has 0 amide bonds. The quantitative estimate of drug-likeness (QED) is 0.486. The minimum atomic E-state index is -3.43. The molecule has 0 atom stereocenters. The summed E-state index contributed by atoms with van der Waals surface area (Å²) in [4.78, 5) is 4.52. The Morgan fingerprint density at radius 2 is 2.04 bits per heavy atom. The lowest BCUT2D eigenvalue weighted by Gasteiger charge is -2.07. The van der Waals surface area contributed by atoms with Crippen molar-refractivity contribution in [3.8, 4) is 6.07 Å². The largest absolute Gasteiger partial charge is 0.284 e. The first-order valence-corrected chi connectivity index (χ1v) is 11.0. The van der Waals surface area contributed by atoms with Gasteiger partial charge in [-0.2, -0.15) is 5.26 Å². The van der Waals surface area contributed by atoms with Crippen molar-refractivity contribution in [2.75, 3.05) is 16.2 Å². The molecule has 0 unspecified atom stereocenters. The molecule has 1 heterocycles. The Hall–Kier alpha value is -2.08. The van der Waals surface area contributed by atoms with Gasteiger partial charge in [-0.05, 0) is 36.8 Å². The number of aromatic nitrogens is 1. The second-order valence-corrected chi connectivity index (χ2v) is 9.48. The van der Waals surface area contributed by atoms with Gasteiger partial charge in [0, 0.05) is 11.4 Å². The second kappa shape index (κ2) is 7.87. The molecule has 3 rings (SSSR count). The van der Waals surface area contributed by atoms with Gasteiger partial charge in [-0.15, -0.1) is 11.3 Å². The van der Waals surface area contributed by atoms with Crippen molar-refractivity contribution in [1.29, 1.82) is 5.26 Å². The lowest BCUT2D eigenvalue weighted by Crippen LogP contribution is -2.17. The molecule has 0 aliphatic heterocycles. The van der Waals surface area contributed by atoms with Crippen LogP contribution in [-0.4, -0.2) is 24.9 Å². The zero-order valence-electron chi connectivity index (χ0n) is 13.2. The summed E-state index contributed by atoms with van der Waals surface area (Å²) in [5, 5.41) is 8.86. The van der Waals surface area contributed by atoms with E-state index in [0.29, 0.717) is 23.4 Å². The van der Waals surface area contributed by atoms with E-state index in [1.54, 1.807) is 41.3 Å². The molecule has 3 aromatic rings. The van der Waals surface area contributed by atoms with Gasteiger partial charge in [-0.3, -0.25) is 4.72 Å². The van der Waals surface area contributed by atoms with Gasteiger partial charge in [-0.25, -0.2) is 13.4 Å². The average molecular weight is 390 g/mol. The minimum Gasteiger partial charge on any atom is -0.284 e. The summed E-state index contributed by atoms with van der Waals surface area (Å²) >= 11 is 3.19. The van der Waals surface area contributed by atoms with Crippen LogP contribution >= 0.6 is 23.1 Å². The van der Waals surface area contributed by atoms with E-state index in [9.17, 15) is 8.42 Å². The lowest BCUT2D eigenvalue weighted by molar-refractivity contribution is 0.600. The number of fused-ring (bicyclic) bond motifs is 1. The molecule has 8 heteroatoms. The molecule has 0 spiro atoms.